The summed E-state index contributed by atoms with van der Waals surface area (Å²) in [5.41, 5.74) is 0.702. The van der Waals surface area contributed by atoms with Crippen molar-refractivity contribution in [3.63, 3.8) is 0 Å². The summed E-state index contributed by atoms with van der Waals surface area (Å²) in [4.78, 5) is 37.6. The number of imide groups is 1. The molecule has 1 fully saturated rings. The average Bonchev–Trinajstić information content (AvgIpc) is 2.94. The highest BCUT2D eigenvalue weighted by molar-refractivity contribution is 8.18. The molecule has 152 valence electrons. The molecule has 1 heterocycles. The summed E-state index contributed by atoms with van der Waals surface area (Å²) in [6, 6.07) is 5.10. The molecule has 0 aliphatic carbocycles. The van der Waals surface area contributed by atoms with E-state index in [0.29, 0.717) is 35.1 Å². The Morgan fingerprint density at radius 1 is 1.14 bits per heavy atom. The number of methoxy groups -OCH3 is 1. The van der Waals surface area contributed by atoms with Gasteiger partial charge in [0.05, 0.1) is 18.6 Å². The fourth-order valence-corrected chi connectivity index (χ4v) is 3.43. The van der Waals surface area contributed by atoms with Crippen molar-refractivity contribution < 1.29 is 28.6 Å². The van der Waals surface area contributed by atoms with Gasteiger partial charge in [0.15, 0.2) is 18.1 Å². The number of unbranched alkanes of at least 4 members (excludes halogenated alkanes) is 2. The molecule has 2 rings (SSSR count). The molecule has 1 aliphatic heterocycles. The molecule has 1 saturated heterocycles. The molecule has 0 atom stereocenters. The van der Waals surface area contributed by atoms with Crippen molar-refractivity contribution in [3.05, 3.63) is 28.7 Å². The van der Waals surface area contributed by atoms with Gasteiger partial charge in [0.1, 0.15) is 0 Å². The van der Waals surface area contributed by atoms with Crippen molar-refractivity contribution in [2.45, 2.75) is 33.1 Å². The monoisotopic (exact) mass is 407 g/mol. The number of carbonyl (C=O) groups is 3. The average molecular weight is 407 g/mol. The third-order valence-corrected chi connectivity index (χ3v) is 4.90. The van der Waals surface area contributed by atoms with Crippen LogP contribution in [0.15, 0.2) is 23.1 Å². The van der Waals surface area contributed by atoms with Gasteiger partial charge in [-0.05, 0) is 48.9 Å². The Labute approximate surface area is 169 Å². The Morgan fingerprint density at radius 2 is 1.93 bits per heavy atom. The fourth-order valence-electron chi connectivity index (χ4n) is 2.56. The Kier molecular flexibility index (Phi) is 8.38. The second kappa shape index (κ2) is 10.8. The van der Waals surface area contributed by atoms with E-state index < -0.39 is 5.97 Å². The summed E-state index contributed by atoms with van der Waals surface area (Å²) >= 11 is 0.941. The second-order valence-corrected chi connectivity index (χ2v) is 7.04. The largest absolute Gasteiger partial charge is 0.490 e. The van der Waals surface area contributed by atoms with Crippen LogP contribution in [0, 0.1) is 0 Å². The maximum atomic E-state index is 12.5. The van der Waals surface area contributed by atoms with Crippen LogP contribution in [-0.4, -0.2) is 48.9 Å². The molecular weight excluding hydrogens is 382 g/mol. The zero-order valence-electron chi connectivity index (χ0n) is 16.4. The summed E-state index contributed by atoms with van der Waals surface area (Å²) in [5, 5.41) is -0.240. The zero-order valence-corrected chi connectivity index (χ0v) is 17.2. The van der Waals surface area contributed by atoms with Crippen molar-refractivity contribution in [1.29, 1.82) is 0 Å². The maximum absolute atomic E-state index is 12.5. The lowest BCUT2D eigenvalue weighted by molar-refractivity contribution is -0.142. The Balaban J connectivity index is 2.16. The topological polar surface area (TPSA) is 82.1 Å². The van der Waals surface area contributed by atoms with Crippen LogP contribution >= 0.6 is 11.8 Å². The van der Waals surface area contributed by atoms with Gasteiger partial charge in [0.25, 0.3) is 11.1 Å². The first-order valence-electron chi connectivity index (χ1n) is 9.22. The number of carbonyl (C=O) groups excluding carboxylic acids is 3. The number of ether oxygens (including phenoxy) is 3. The molecule has 8 heteroatoms. The Hall–Kier alpha value is -2.48. The Bertz CT molecular complexity index is 761. The zero-order chi connectivity index (χ0) is 20.5. The number of hydrogen-bond acceptors (Lipinski definition) is 7. The van der Waals surface area contributed by atoms with E-state index in [0.717, 1.165) is 31.0 Å². The van der Waals surface area contributed by atoms with Gasteiger partial charge >= 0.3 is 5.97 Å². The lowest BCUT2D eigenvalue weighted by Gasteiger charge is -2.12. The van der Waals surface area contributed by atoms with Gasteiger partial charge in [-0.25, -0.2) is 4.79 Å². The van der Waals surface area contributed by atoms with Crippen molar-refractivity contribution in [3.8, 4) is 11.5 Å². The van der Waals surface area contributed by atoms with Gasteiger partial charge in [0, 0.05) is 6.54 Å². The first kappa shape index (κ1) is 21.8. The number of esters is 1. The van der Waals surface area contributed by atoms with E-state index >= 15 is 0 Å². The number of thioether (sulfide) groups is 1. The van der Waals surface area contributed by atoms with E-state index in [1.54, 1.807) is 24.3 Å². The lowest BCUT2D eigenvalue weighted by atomic mass is 10.1. The molecule has 1 aliphatic rings. The number of hydrogen-bond donors (Lipinski definition) is 0. The molecule has 0 aromatic heterocycles. The molecule has 28 heavy (non-hydrogen) atoms. The van der Waals surface area contributed by atoms with Gasteiger partial charge in [0.2, 0.25) is 0 Å². The van der Waals surface area contributed by atoms with Crippen LogP contribution in [0.3, 0.4) is 0 Å². The van der Waals surface area contributed by atoms with Crippen LogP contribution in [0.25, 0.3) is 6.08 Å². The summed E-state index contributed by atoms with van der Waals surface area (Å²) in [7, 11) is 1.29. The molecule has 0 unspecified atom stereocenters. The predicted octanol–water partition coefficient (Wildman–Crippen LogP) is 3.86. The molecule has 7 nitrogen and oxygen atoms in total. The highest BCUT2D eigenvalue weighted by atomic mass is 32.2. The summed E-state index contributed by atoms with van der Waals surface area (Å²) in [6.45, 7) is 4.53. The molecule has 1 aromatic carbocycles. The molecule has 0 saturated carbocycles. The van der Waals surface area contributed by atoms with E-state index in [1.165, 1.54) is 12.0 Å². The first-order chi connectivity index (χ1) is 13.5. The third kappa shape index (κ3) is 5.76. The highest BCUT2D eigenvalue weighted by Crippen LogP contribution is 2.34. The second-order valence-electron chi connectivity index (χ2n) is 6.04. The van der Waals surface area contributed by atoms with Crippen LogP contribution in [0.5, 0.6) is 11.5 Å². The maximum Gasteiger partial charge on any atom is 0.343 e. The number of amides is 2. The minimum Gasteiger partial charge on any atom is -0.490 e. The molecular formula is C20H25NO6S. The van der Waals surface area contributed by atoms with Crippen molar-refractivity contribution in [2.75, 3.05) is 26.9 Å². The van der Waals surface area contributed by atoms with E-state index in [2.05, 4.69) is 11.7 Å². The smallest absolute Gasteiger partial charge is 0.343 e. The van der Waals surface area contributed by atoms with Crippen molar-refractivity contribution in [2.24, 2.45) is 0 Å². The van der Waals surface area contributed by atoms with Crippen LogP contribution in [0.1, 0.15) is 38.7 Å². The van der Waals surface area contributed by atoms with Crippen LogP contribution in [-0.2, 0) is 14.3 Å². The van der Waals surface area contributed by atoms with E-state index in [4.69, 9.17) is 9.47 Å². The molecule has 0 radical (unpaired) electrons. The SMILES string of the molecule is CCCCCN1C(=O)S/C(=C\c2ccc(OCC(=O)OC)c(OCC)c2)C1=O. The molecule has 2 amide bonds. The summed E-state index contributed by atoms with van der Waals surface area (Å²) in [5.74, 6) is 0.0813. The predicted molar refractivity (Wildman–Crippen MR) is 107 cm³/mol. The van der Waals surface area contributed by atoms with Gasteiger partial charge < -0.3 is 14.2 Å². The van der Waals surface area contributed by atoms with E-state index in [-0.39, 0.29) is 17.8 Å². The van der Waals surface area contributed by atoms with Gasteiger partial charge in [-0.3, -0.25) is 14.5 Å². The summed E-state index contributed by atoms with van der Waals surface area (Å²) in [6.07, 6.45) is 4.47. The number of nitrogens with zero attached hydrogens (tertiary/aromatic N) is 1. The molecule has 0 bridgehead atoms. The summed E-state index contributed by atoms with van der Waals surface area (Å²) < 4.78 is 15.6. The normalized spacial score (nSPS) is 15.2. The number of benzene rings is 1. The number of rotatable bonds is 10. The van der Waals surface area contributed by atoms with Crippen molar-refractivity contribution in [1.82, 2.24) is 4.90 Å². The van der Waals surface area contributed by atoms with E-state index in [1.807, 2.05) is 6.92 Å². The standard InChI is InChI=1S/C20H25NO6S/c1-4-6-7-10-21-19(23)17(28-20(21)24)12-14-8-9-15(16(11-14)26-5-2)27-13-18(22)25-3/h8-9,11-12H,4-7,10,13H2,1-3H3/b17-12-. The molecule has 0 N–H and O–H groups in total. The molecule has 0 spiro atoms. The quantitative estimate of drug-likeness (QED) is 0.331. The minimum absolute atomic E-state index is 0.230. The van der Waals surface area contributed by atoms with Gasteiger partial charge in [-0.1, -0.05) is 25.8 Å². The van der Waals surface area contributed by atoms with Crippen LogP contribution in [0.4, 0.5) is 4.79 Å². The third-order valence-electron chi connectivity index (χ3n) is 4.00. The first-order valence-corrected chi connectivity index (χ1v) is 10.0. The minimum atomic E-state index is -0.497. The highest BCUT2D eigenvalue weighted by Gasteiger charge is 2.34. The Morgan fingerprint density at radius 3 is 2.61 bits per heavy atom. The van der Waals surface area contributed by atoms with Crippen molar-refractivity contribution >= 4 is 35.0 Å². The molecule has 1 aromatic rings. The van der Waals surface area contributed by atoms with Gasteiger partial charge in [-0.15, -0.1) is 0 Å². The van der Waals surface area contributed by atoms with Crippen LogP contribution in [0.2, 0.25) is 0 Å². The van der Waals surface area contributed by atoms with E-state index in [9.17, 15) is 14.4 Å². The van der Waals surface area contributed by atoms with Crippen LogP contribution < -0.4 is 9.47 Å². The lowest BCUT2D eigenvalue weighted by Crippen LogP contribution is -2.29. The fraction of sp³-hybridized carbons (Fsp3) is 0.450. The van der Waals surface area contributed by atoms with Gasteiger partial charge in [-0.2, -0.15) is 0 Å².